The highest BCUT2D eigenvalue weighted by Gasteiger charge is 2.17. The molecule has 0 aromatic heterocycles. The molecule has 0 aliphatic carbocycles. The Balaban J connectivity index is 1.23. The van der Waals surface area contributed by atoms with Crippen molar-refractivity contribution in [1.82, 2.24) is 0 Å². The van der Waals surface area contributed by atoms with Crippen LogP contribution < -0.4 is 4.90 Å². The fourth-order valence-corrected chi connectivity index (χ4v) is 7.65. The molecule has 0 spiro atoms. The Labute approximate surface area is 345 Å². The minimum Gasteiger partial charge on any atom is -0.310 e. The first-order chi connectivity index (χ1) is 31.6. The first kappa shape index (κ1) is 26.3. The number of hydrogen-bond donors (Lipinski definition) is 0. The monoisotopic (exact) mass is 733 g/mol. The molecular formula is C56H39N. The third-order valence-corrected chi connectivity index (χ3v) is 10.4. The van der Waals surface area contributed by atoms with Gasteiger partial charge < -0.3 is 4.90 Å². The number of fused-ring (bicyclic) bond motifs is 2. The normalized spacial score (nSPS) is 13.1. The zero-order valence-corrected chi connectivity index (χ0v) is 30.8. The molecule has 0 fully saturated rings. The Bertz CT molecular complexity index is 3420. The van der Waals surface area contributed by atoms with Crippen molar-refractivity contribution in [2.45, 2.75) is 0 Å². The van der Waals surface area contributed by atoms with Crippen molar-refractivity contribution in [3.05, 3.63) is 236 Å². The molecule has 57 heavy (non-hydrogen) atoms. The van der Waals surface area contributed by atoms with Crippen LogP contribution in [0.25, 0.3) is 77.2 Å². The first-order valence-corrected chi connectivity index (χ1v) is 18.9. The van der Waals surface area contributed by atoms with Gasteiger partial charge in [0, 0.05) is 17.1 Å². The lowest BCUT2D eigenvalue weighted by molar-refractivity contribution is 1.28. The van der Waals surface area contributed by atoms with Gasteiger partial charge in [-0.05, 0) is 120 Å². The fraction of sp³-hybridized carbons (Fsp3) is 0. The van der Waals surface area contributed by atoms with Gasteiger partial charge in [-0.25, -0.2) is 0 Å². The summed E-state index contributed by atoms with van der Waals surface area (Å²) in [5.74, 6) is 0. The Morgan fingerprint density at radius 2 is 0.789 bits per heavy atom. The molecule has 0 aliphatic heterocycles. The molecule has 0 heterocycles. The minimum atomic E-state index is -0.403. The maximum absolute atomic E-state index is 9.80. The van der Waals surface area contributed by atoms with Crippen LogP contribution in [0.1, 0.15) is 11.0 Å². The highest BCUT2D eigenvalue weighted by molar-refractivity contribution is 6.04. The molecule has 10 aromatic rings. The van der Waals surface area contributed by atoms with Crippen molar-refractivity contribution in [3.8, 4) is 55.6 Å². The summed E-state index contributed by atoms with van der Waals surface area (Å²) in [6.07, 6.45) is 0. The molecule has 10 rings (SSSR count). The summed E-state index contributed by atoms with van der Waals surface area (Å²) >= 11 is 0. The summed E-state index contributed by atoms with van der Waals surface area (Å²) in [5, 5.41) is 3.86. The van der Waals surface area contributed by atoms with Gasteiger partial charge in [0.15, 0.2) is 0 Å². The van der Waals surface area contributed by atoms with Crippen molar-refractivity contribution in [2.75, 3.05) is 4.90 Å². The van der Waals surface area contributed by atoms with Crippen LogP contribution in [-0.2, 0) is 0 Å². The molecule has 0 unspecified atom stereocenters. The second-order valence-corrected chi connectivity index (χ2v) is 13.9. The van der Waals surface area contributed by atoms with E-state index in [1.807, 2.05) is 176 Å². The van der Waals surface area contributed by atoms with Gasteiger partial charge in [0.1, 0.15) is 0 Å². The van der Waals surface area contributed by atoms with Crippen molar-refractivity contribution >= 4 is 38.6 Å². The van der Waals surface area contributed by atoms with Crippen LogP contribution in [0.15, 0.2) is 236 Å². The van der Waals surface area contributed by atoms with Gasteiger partial charge in [0.2, 0.25) is 0 Å². The van der Waals surface area contributed by atoms with Gasteiger partial charge in [-0.3, -0.25) is 0 Å². The van der Waals surface area contributed by atoms with Crippen LogP contribution >= 0.6 is 0 Å². The predicted molar refractivity (Wildman–Crippen MR) is 243 cm³/mol. The molecule has 1 heteroatoms. The lowest BCUT2D eigenvalue weighted by Crippen LogP contribution is -2.10. The Hall–Kier alpha value is -7.48. The molecular weight excluding hydrogens is 687 g/mol. The van der Waals surface area contributed by atoms with E-state index in [0.29, 0.717) is 16.8 Å². The predicted octanol–water partition coefficient (Wildman–Crippen LogP) is 15.8. The summed E-state index contributed by atoms with van der Waals surface area (Å²) < 4.78 is 77.3. The highest BCUT2D eigenvalue weighted by Crippen LogP contribution is 2.42. The number of rotatable bonds is 8. The van der Waals surface area contributed by atoms with E-state index in [9.17, 15) is 11.0 Å². The fourth-order valence-electron chi connectivity index (χ4n) is 7.65. The topological polar surface area (TPSA) is 3.24 Å². The second-order valence-electron chi connectivity index (χ2n) is 13.9. The third-order valence-electron chi connectivity index (χ3n) is 10.4. The van der Waals surface area contributed by atoms with Gasteiger partial charge >= 0.3 is 0 Å². The zero-order chi connectivity index (χ0) is 44.9. The van der Waals surface area contributed by atoms with Gasteiger partial charge in [0.05, 0.1) is 11.0 Å². The standard InChI is InChI=1S/C56H39N/c1-3-14-40(15-4-1)46-21-11-22-47(38-46)41-28-33-49(34-29-41)57(51-24-12-23-48(39-51)53-27-13-20-42-16-7-9-25-52(42)53)50-35-30-44(31-36-50)55-37-32-43-17-8-10-26-54(43)56(55)45-18-5-2-6-19-45/h1-39H/i28D,29D,30D,31D,33D,34D,35D,36D. The van der Waals surface area contributed by atoms with Gasteiger partial charge in [-0.1, -0.05) is 194 Å². The molecule has 268 valence electrons. The Morgan fingerprint density at radius 1 is 0.281 bits per heavy atom. The average Bonchev–Trinajstić information content (AvgIpc) is 3.35. The maximum Gasteiger partial charge on any atom is 0.0645 e. The van der Waals surface area contributed by atoms with Crippen LogP contribution in [0, 0.1) is 0 Å². The molecule has 1 nitrogen and oxygen atoms in total. The second kappa shape index (κ2) is 15.0. The molecule has 0 saturated heterocycles. The van der Waals surface area contributed by atoms with Gasteiger partial charge in [-0.2, -0.15) is 0 Å². The molecule has 0 saturated carbocycles. The zero-order valence-electron chi connectivity index (χ0n) is 38.8. The van der Waals surface area contributed by atoms with Crippen molar-refractivity contribution < 1.29 is 11.0 Å². The highest BCUT2D eigenvalue weighted by atomic mass is 15.1. The van der Waals surface area contributed by atoms with E-state index in [0.717, 1.165) is 54.9 Å². The third kappa shape index (κ3) is 6.66. The van der Waals surface area contributed by atoms with Crippen molar-refractivity contribution in [1.29, 1.82) is 0 Å². The van der Waals surface area contributed by atoms with Crippen LogP contribution in [0.4, 0.5) is 17.1 Å². The summed E-state index contributed by atoms with van der Waals surface area (Å²) in [5.41, 5.74) is 6.22. The maximum atomic E-state index is 9.80. The smallest absolute Gasteiger partial charge is 0.0645 e. The molecule has 0 amide bonds. The number of benzene rings is 10. The quantitative estimate of drug-likeness (QED) is 0.150. The van der Waals surface area contributed by atoms with E-state index in [4.69, 9.17) is 0 Å². The first-order valence-electron chi connectivity index (χ1n) is 22.9. The van der Waals surface area contributed by atoms with E-state index in [-0.39, 0.29) is 46.7 Å². The van der Waals surface area contributed by atoms with Crippen LogP contribution in [0.5, 0.6) is 0 Å². The largest absolute Gasteiger partial charge is 0.310 e. The lowest BCUT2D eigenvalue weighted by atomic mass is 9.90. The molecule has 0 bridgehead atoms. The van der Waals surface area contributed by atoms with Crippen LogP contribution in [0.3, 0.4) is 0 Å². The van der Waals surface area contributed by atoms with E-state index < -0.39 is 24.2 Å². The molecule has 0 atom stereocenters. The van der Waals surface area contributed by atoms with Crippen molar-refractivity contribution in [2.24, 2.45) is 0 Å². The molecule has 10 aromatic carbocycles. The summed E-state index contributed by atoms with van der Waals surface area (Å²) in [7, 11) is 0. The molecule has 0 aliphatic rings. The van der Waals surface area contributed by atoms with E-state index >= 15 is 0 Å². The average molecular weight is 734 g/mol. The minimum absolute atomic E-state index is 0.102. The van der Waals surface area contributed by atoms with Gasteiger partial charge in [-0.15, -0.1) is 0 Å². The van der Waals surface area contributed by atoms with E-state index in [1.54, 1.807) is 12.1 Å². The Kier molecular flexibility index (Phi) is 6.92. The SMILES string of the molecule is [2H]c1c([2H])c(N(c2cccc(-c3cccc4ccccc34)c2)c2c([2H])c([2H])c(-c3ccc4ccccc4c3-c3ccccc3)c([2H])c2[2H])c([2H])c([2H])c1-c1cccc(-c2ccccc2)c1. The summed E-state index contributed by atoms with van der Waals surface area (Å²) in [4.78, 5) is 1.38. The lowest BCUT2D eigenvalue weighted by Gasteiger charge is -2.27. The number of nitrogens with zero attached hydrogens (tertiary/aromatic N) is 1. The molecule has 0 radical (unpaired) electrons. The van der Waals surface area contributed by atoms with E-state index in [1.165, 1.54) is 4.90 Å². The van der Waals surface area contributed by atoms with Crippen LogP contribution in [-0.4, -0.2) is 0 Å². The van der Waals surface area contributed by atoms with E-state index in [2.05, 4.69) is 0 Å². The Morgan fingerprint density at radius 3 is 1.51 bits per heavy atom. The summed E-state index contributed by atoms with van der Waals surface area (Å²) in [6, 6.07) is 56.9. The van der Waals surface area contributed by atoms with Crippen molar-refractivity contribution in [3.63, 3.8) is 0 Å². The number of anilines is 3. The molecule has 0 N–H and O–H groups in total. The summed E-state index contributed by atoms with van der Waals surface area (Å²) in [6.45, 7) is 0. The van der Waals surface area contributed by atoms with Gasteiger partial charge in [0.25, 0.3) is 0 Å². The van der Waals surface area contributed by atoms with Crippen LogP contribution in [0.2, 0.25) is 0 Å². The number of hydrogen-bond acceptors (Lipinski definition) is 1.